The molecule has 9 nitrogen and oxygen atoms in total. The van der Waals surface area contributed by atoms with Gasteiger partial charge >= 0.3 is 0 Å². The minimum Gasteiger partial charge on any atom is -0.495 e. The third kappa shape index (κ3) is 5.86. The van der Waals surface area contributed by atoms with Crippen molar-refractivity contribution in [3.63, 3.8) is 0 Å². The highest BCUT2D eigenvalue weighted by molar-refractivity contribution is 6.41. The topological polar surface area (TPSA) is 99.3 Å². The molecule has 2 aromatic carbocycles. The molecule has 0 aliphatic heterocycles. The number of ether oxygens (including phenoxy) is 1. The van der Waals surface area contributed by atoms with Gasteiger partial charge in [-0.1, -0.05) is 29.3 Å². The van der Waals surface area contributed by atoms with Crippen LogP contribution in [-0.4, -0.2) is 77.0 Å². The summed E-state index contributed by atoms with van der Waals surface area (Å²) < 4.78 is 5.43. The number of aryl methyl sites for hydroxylation is 1. The Morgan fingerprint density at radius 1 is 1.05 bits per heavy atom. The first kappa shape index (κ1) is 26.8. The number of halogens is 2. The van der Waals surface area contributed by atoms with Gasteiger partial charge in [0.25, 0.3) is 5.91 Å². The van der Waals surface area contributed by atoms with Gasteiger partial charge < -0.3 is 14.6 Å². The molecule has 0 spiro atoms. The fraction of sp³-hybridized carbons (Fsp3) is 0.308. The van der Waals surface area contributed by atoms with E-state index in [4.69, 9.17) is 27.9 Å². The van der Waals surface area contributed by atoms with Gasteiger partial charge in [0, 0.05) is 43.2 Å². The number of benzene rings is 2. The molecule has 0 atom stereocenters. The van der Waals surface area contributed by atoms with Gasteiger partial charge in [-0.2, -0.15) is 0 Å². The van der Waals surface area contributed by atoms with Gasteiger partial charge in [-0.25, -0.2) is 4.98 Å². The number of nitrogens with one attached hydrogen (secondary N) is 2. The molecule has 2 heterocycles. The van der Waals surface area contributed by atoms with Crippen LogP contribution in [0.25, 0.3) is 22.2 Å². The molecule has 0 fully saturated rings. The predicted octanol–water partition coefficient (Wildman–Crippen LogP) is 4.89. The van der Waals surface area contributed by atoms with Crippen molar-refractivity contribution in [3.8, 4) is 16.9 Å². The number of aromatic nitrogens is 4. The van der Waals surface area contributed by atoms with Crippen LogP contribution in [0.3, 0.4) is 0 Å². The van der Waals surface area contributed by atoms with Crippen molar-refractivity contribution in [3.05, 3.63) is 63.7 Å². The molecule has 0 aliphatic rings. The van der Waals surface area contributed by atoms with Crippen molar-refractivity contribution < 1.29 is 9.53 Å². The number of hydrogen-bond donors (Lipinski definition) is 2. The van der Waals surface area contributed by atoms with Crippen LogP contribution in [0.15, 0.2) is 36.8 Å². The molecule has 194 valence electrons. The van der Waals surface area contributed by atoms with E-state index in [1.807, 2.05) is 28.1 Å². The smallest absolute Gasteiger partial charge is 0.260 e. The van der Waals surface area contributed by atoms with Crippen molar-refractivity contribution in [1.82, 2.24) is 29.7 Å². The largest absolute Gasteiger partial charge is 0.495 e. The van der Waals surface area contributed by atoms with E-state index in [9.17, 15) is 4.79 Å². The average molecular weight is 542 g/mol. The number of H-pyrrole nitrogens is 1. The van der Waals surface area contributed by atoms with Crippen LogP contribution in [0, 0.1) is 6.92 Å². The van der Waals surface area contributed by atoms with Crippen LogP contribution in [0.5, 0.6) is 5.75 Å². The number of methoxy groups -OCH3 is 1. The minimum atomic E-state index is -0.363. The summed E-state index contributed by atoms with van der Waals surface area (Å²) in [4.78, 5) is 34.0. The molecular formula is C26H29Cl2N7O2. The lowest BCUT2D eigenvalue weighted by Gasteiger charge is -2.18. The van der Waals surface area contributed by atoms with E-state index in [0.717, 1.165) is 24.3 Å². The summed E-state index contributed by atoms with van der Waals surface area (Å²) in [6.45, 7) is 4.41. The third-order valence-corrected chi connectivity index (χ3v) is 6.80. The Kier molecular flexibility index (Phi) is 8.29. The number of nitrogens with zero attached hydrogens (tertiary/aromatic N) is 5. The number of carbonyl (C=O) groups excluding carboxylic acids is 1. The van der Waals surface area contributed by atoms with E-state index < -0.39 is 0 Å². The average Bonchev–Trinajstić information content (AvgIpc) is 3.31. The lowest BCUT2D eigenvalue weighted by atomic mass is 9.98. The van der Waals surface area contributed by atoms with Crippen LogP contribution in [-0.2, 0) is 6.54 Å². The fourth-order valence-corrected chi connectivity index (χ4v) is 4.61. The molecule has 37 heavy (non-hydrogen) atoms. The van der Waals surface area contributed by atoms with E-state index in [-0.39, 0.29) is 5.91 Å². The molecule has 11 heteroatoms. The Labute approximate surface area is 225 Å². The first-order valence-corrected chi connectivity index (χ1v) is 12.4. The van der Waals surface area contributed by atoms with Crippen LogP contribution in [0.4, 0.5) is 5.95 Å². The van der Waals surface area contributed by atoms with Gasteiger partial charge in [-0.05, 0) is 45.8 Å². The number of likely N-dealkylation sites (N-methyl/N-ethyl adjacent to an activating group) is 2. The lowest BCUT2D eigenvalue weighted by molar-refractivity contribution is 0.102. The van der Waals surface area contributed by atoms with E-state index in [2.05, 4.69) is 35.1 Å². The first-order valence-electron chi connectivity index (χ1n) is 11.6. The summed E-state index contributed by atoms with van der Waals surface area (Å²) >= 11 is 13.3. The van der Waals surface area contributed by atoms with Crippen LogP contribution >= 0.6 is 23.2 Å². The normalized spacial score (nSPS) is 11.5. The number of hydrogen-bond acceptors (Lipinski definition) is 7. The zero-order valence-electron chi connectivity index (χ0n) is 21.4. The number of carbonyl (C=O) groups is 1. The summed E-state index contributed by atoms with van der Waals surface area (Å²) in [6.07, 6.45) is 4.82. The zero-order valence-corrected chi connectivity index (χ0v) is 22.9. The summed E-state index contributed by atoms with van der Waals surface area (Å²) in [5.74, 6) is 0.493. The molecule has 0 bridgehead atoms. The van der Waals surface area contributed by atoms with E-state index >= 15 is 0 Å². The summed E-state index contributed by atoms with van der Waals surface area (Å²) in [7, 11) is 7.67. The predicted molar refractivity (Wildman–Crippen MR) is 148 cm³/mol. The van der Waals surface area contributed by atoms with Crippen LogP contribution in [0.2, 0.25) is 10.0 Å². The second-order valence-corrected chi connectivity index (χ2v) is 9.82. The second kappa shape index (κ2) is 11.4. The van der Waals surface area contributed by atoms with Gasteiger partial charge in [-0.15, -0.1) is 0 Å². The molecule has 2 N–H and O–H groups in total. The molecule has 0 unspecified atom stereocenters. The summed E-state index contributed by atoms with van der Waals surface area (Å²) in [5.41, 5.74) is 4.19. The number of anilines is 1. The van der Waals surface area contributed by atoms with Crippen molar-refractivity contribution in [2.75, 3.05) is 46.7 Å². The monoisotopic (exact) mass is 541 g/mol. The molecule has 0 radical (unpaired) electrons. The van der Waals surface area contributed by atoms with Crippen molar-refractivity contribution in [2.24, 2.45) is 0 Å². The maximum Gasteiger partial charge on any atom is 0.260 e. The zero-order chi connectivity index (χ0) is 26.7. The quantitative estimate of drug-likeness (QED) is 0.311. The molecule has 1 amide bonds. The van der Waals surface area contributed by atoms with Gasteiger partial charge in [0.05, 0.1) is 40.1 Å². The van der Waals surface area contributed by atoms with Gasteiger partial charge in [0.2, 0.25) is 5.95 Å². The molecule has 4 rings (SSSR count). The van der Waals surface area contributed by atoms with Crippen molar-refractivity contribution in [1.29, 1.82) is 0 Å². The molecule has 0 aliphatic carbocycles. The Hall–Kier alpha value is -3.24. The highest BCUT2D eigenvalue weighted by Gasteiger charge is 2.22. The minimum absolute atomic E-state index is 0.347. The Morgan fingerprint density at radius 2 is 1.78 bits per heavy atom. The first-order chi connectivity index (χ1) is 17.7. The lowest BCUT2D eigenvalue weighted by Crippen LogP contribution is -2.28. The summed E-state index contributed by atoms with van der Waals surface area (Å²) in [6, 6.07) is 5.23. The number of fused-ring (bicyclic) bond motifs is 1. The standard InChI is InChI=1S/C26H29Cl2N7O2/c1-15-12-19(37-5)22(28)20(21(15)27)17-6-7-18(24-23(17)29-8-9-30-24)25(36)33-26-31-13-16(32-26)14-35(4)11-10-34(2)3/h6-9,12-13H,10-11,14H2,1-5H3,(H2,31,32,33,36). The Morgan fingerprint density at radius 3 is 2.49 bits per heavy atom. The molecule has 0 saturated heterocycles. The van der Waals surface area contributed by atoms with Gasteiger partial charge in [0.1, 0.15) is 11.3 Å². The van der Waals surface area contributed by atoms with Crippen molar-refractivity contribution in [2.45, 2.75) is 13.5 Å². The maximum absolute atomic E-state index is 13.2. The molecule has 2 aromatic heterocycles. The van der Waals surface area contributed by atoms with Gasteiger partial charge in [-0.3, -0.25) is 25.0 Å². The third-order valence-electron chi connectivity index (χ3n) is 5.94. The molecule has 0 saturated carbocycles. The fourth-order valence-electron chi connectivity index (χ4n) is 3.99. The molecule has 4 aromatic rings. The maximum atomic E-state index is 13.2. The van der Waals surface area contributed by atoms with Crippen molar-refractivity contribution >= 4 is 46.1 Å². The Bertz CT molecular complexity index is 1440. The second-order valence-electron chi connectivity index (χ2n) is 9.07. The number of aromatic amines is 1. The number of amides is 1. The molecular weight excluding hydrogens is 513 g/mol. The van der Waals surface area contributed by atoms with E-state index in [1.165, 1.54) is 6.20 Å². The Balaban J connectivity index is 1.63. The SMILES string of the molecule is COc1cc(C)c(Cl)c(-c2ccc(C(=O)Nc3ncc(CN(C)CCN(C)C)[nH]3)c3nccnc23)c1Cl. The highest BCUT2D eigenvalue weighted by atomic mass is 35.5. The highest BCUT2D eigenvalue weighted by Crippen LogP contribution is 2.44. The number of imidazole rings is 1. The van der Waals surface area contributed by atoms with Gasteiger partial charge in [0.15, 0.2) is 0 Å². The van der Waals surface area contributed by atoms with E-state index in [1.54, 1.807) is 37.7 Å². The van der Waals surface area contributed by atoms with Crippen LogP contribution < -0.4 is 10.1 Å². The summed E-state index contributed by atoms with van der Waals surface area (Å²) in [5, 5.41) is 3.67. The van der Waals surface area contributed by atoms with Crippen LogP contribution in [0.1, 0.15) is 21.6 Å². The number of rotatable bonds is 9. The van der Waals surface area contributed by atoms with E-state index in [0.29, 0.717) is 56.0 Å².